The van der Waals surface area contributed by atoms with Gasteiger partial charge in [0, 0.05) is 12.1 Å². The topological polar surface area (TPSA) is 17.8 Å². The van der Waals surface area contributed by atoms with Gasteiger partial charge in [-0.2, -0.15) is 0 Å². The normalized spacial score (nSPS) is 11.1. The second-order valence-corrected chi connectivity index (χ2v) is 4.95. The number of aromatic nitrogens is 2. The first kappa shape index (κ1) is 12.0. The van der Waals surface area contributed by atoms with Gasteiger partial charge in [-0.25, -0.2) is 4.98 Å². The lowest BCUT2D eigenvalue weighted by molar-refractivity contribution is 0.704. The van der Waals surface area contributed by atoms with E-state index in [-0.39, 0.29) is 0 Å². The molecule has 0 saturated heterocycles. The highest BCUT2D eigenvalue weighted by Gasteiger charge is 2.11. The molecular formula is C17H18N2. The zero-order valence-corrected chi connectivity index (χ0v) is 11.4. The van der Waals surface area contributed by atoms with Gasteiger partial charge in [-0.1, -0.05) is 43.3 Å². The van der Waals surface area contributed by atoms with Gasteiger partial charge >= 0.3 is 0 Å². The van der Waals surface area contributed by atoms with Crippen molar-refractivity contribution in [3.8, 4) is 11.4 Å². The Balaban J connectivity index is 2.26. The number of benzene rings is 2. The molecule has 19 heavy (non-hydrogen) atoms. The smallest absolute Gasteiger partial charge is 0.141 e. The van der Waals surface area contributed by atoms with E-state index in [0.29, 0.717) is 0 Å². The molecule has 96 valence electrons. The van der Waals surface area contributed by atoms with Crippen molar-refractivity contribution in [2.75, 3.05) is 0 Å². The van der Waals surface area contributed by atoms with Gasteiger partial charge < -0.3 is 4.57 Å². The van der Waals surface area contributed by atoms with Gasteiger partial charge in [0.25, 0.3) is 0 Å². The number of rotatable bonds is 3. The van der Waals surface area contributed by atoms with E-state index in [4.69, 9.17) is 4.98 Å². The van der Waals surface area contributed by atoms with E-state index in [1.807, 2.05) is 6.07 Å². The second-order valence-electron chi connectivity index (χ2n) is 4.95. The number of nitrogens with zero attached hydrogens (tertiary/aromatic N) is 2. The molecular weight excluding hydrogens is 232 g/mol. The number of hydrogen-bond donors (Lipinski definition) is 0. The Morgan fingerprint density at radius 1 is 1.05 bits per heavy atom. The molecule has 3 aromatic rings. The van der Waals surface area contributed by atoms with Crippen LogP contribution < -0.4 is 0 Å². The molecule has 2 heteroatoms. The summed E-state index contributed by atoms with van der Waals surface area (Å²) in [6.07, 6.45) is 1.11. The second kappa shape index (κ2) is 4.88. The fraction of sp³-hybridized carbons (Fsp3) is 0.235. The van der Waals surface area contributed by atoms with Crippen molar-refractivity contribution in [2.45, 2.75) is 26.8 Å². The molecule has 0 aliphatic rings. The van der Waals surface area contributed by atoms with Crippen LogP contribution in [-0.4, -0.2) is 9.55 Å². The first-order chi connectivity index (χ1) is 9.29. The van der Waals surface area contributed by atoms with Crippen LogP contribution in [0.15, 0.2) is 48.5 Å². The van der Waals surface area contributed by atoms with Gasteiger partial charge in [-0.05, 0) is 31.0 Å². The monoisotopic (exact) mass is 250 g/mol. The van der Waals surface area contributed by atoms with Gasteiger partial charge in [0.15, 0.2) is 0 Å². The number of fused-ring (bicyclic) bond motifs is 1. The quantitative estimate of drug-likeness (QED) is 0.672. The van der Waals surface area contributed by atoms with E-state index in [2.05, 4.69) is 60.9 Å². The molecule has 0 radical (unpaired) electrons. The summed E-state index contributed by atoms with van der Waals surface area (Å²) in [5.74, 6) is 1.07. The first-order valence-corrected chi connectivity index (χ1v) is 6.82. The van der Waals surface area contributed by atoms with E-state index in [0.717, 1.165) is 24.3 Å². The van der Waals surface area contributed by atoms with Gasteiger partial charge in [-0.3, -0.25) is 0 Å². The van der Waals surface area contributed by atoms with E-state index < -0.39 is 0 Å². The predicted molar refractivity (Wildman–Crippen MR) is 80.2 cm³/mol. The molecule has 0 aliphatic heterocycles. The molecule has 0 atom stereocenters. The number of imidazole rings is 1. The Hall–Kier alpha value is -2.09. The first-order valence-electron chi connectivity index (χ1n) is 6.82. The molecule has 0 N–H and O–H groups in total. The maximum Gasteiger partial charge on any atom is 0.141 e. The Bertz CT molecular complexity index is 696. The summed E-state index contributed by atoms with van der Waals surface area (Å²) in [5.41, 5.74) is 4.78. The molecule has 0 spiro atoms. The van der Waals surface area contributed by atoms with E-state index in [1.54, 1.807) is 0 Å². The zero-order valence-electron chi connectivity index (χ0n) is 11.4. The van der Waals surface area contributed by atoms with E-state index >= 15 is 0 Å². The molecule has 0 bridgehead atoms. The van der Waals surface area contributed by atoms with Crippen LogP contribution in [0.5, 0.6) is 0 Å². The van der Waals surface area contributed by atoms with Crippen LogP contribution in [0.3, 0.4) is 0 Å². The average molecular weight is 250 g/mol. The maximum absolute atomic E-state index is 4.81. The third kappa shape index (κ3) is 2.14. The maximum atomic E-state index is 4.81. The largest absolute Gasteiger partial charge is 0.324 e. The van der Waals surface area contributed by atoms with Crippen molar-refractivity contribution < 1.29 is 0 Å². The summed E-state index contributed by atoms with van der Waals surface area (Å²) < 4.78 is 2.33. The fourth-order valence-corrected chi connectivity index (χ4v) is 2.49. The lowest BCUT2D eigenvalue weighted by atomic mass is 10.2. The van der Waals surface area contributed by atoms with Crippen LogP contribution >= 0.6 is 0 Å². The standard InChI is InChI=1S/C17H18N2/c1-3-11-19-16-12-13(2)9-10-15(16)18-17(19)14-7-5-4-6-8-14/h4-10,12H,3,11H2,1-2H3. The Labute approximate surface area is 113 Å². The molecule has 2 aromatic carbocycles. The molecule has 0 aliphatic carbocycles. The predicted octanol–water partition coefficient (Wildman–Crippen LogP) is 4.42. The summed E-state index contributed by atoms with van der Waals surface area (Å²) in [6, 6.07) is 16.9. The highest BCUT2D eigenvalue weighted by molar-refractivity contribution is 5.81. The van der Waals surface area contributed by atoms with E-state index in [1.165, 1.54) is 16.6 Å². The molecule has 0 saturated carbocycles. The number of hydrogen-bond acceptors (Lipinski definition) is 1. The SMILES string of the molecule is CCCn1c(-c2ccccc2)nc2ccc(C)cc21. The Morgan fingerprint density at radius 2 is 1.84 bits per heavy atom. The van der Waals surface area contributed by atoms with Gasteiger partial charge in [0.1, 0.15) is 5.82 Å². The highest BCUT2D eigenvalue weighted by atomic mass is 15.1. The third-order valence-electron chi connectivity index (χ3n) is 3.38. The summed E-state index contributed by atoms with van der Waals surface area (Å²) in [5, 5.41) is 0. The van der Waals surface area contributed by atoms with E-state index in [9.17, 15) is 0 Å². The van der Waals surface area contributed by atoms with Crippen LogP contribution in [0.25, 0.3) is 22.4 Å². The zero-order chi connectivity index (χ0) is 13.2. The number of aryl methyl sites for hydroxylation is 2. The summed E-state index contributed by atoms with van der Waals surface area (Å²) in [6.45, 7) is 5.34. The van der Waals surface area contributed by atoms with Crippen molar-refractivity contribution in [3.63, 3.8) is 0 Å². The van der Waals surface area contributed by atoms with Gasteiger partial charge in [-0.15, -0.1) is 0 Å². The summed E-state index contributed by atoms with van der Waals surface area (Å²) in [4.78, 5) is 4.81. The van der Waals surface area contributed by atoms with Crippen LogP contribution in [0.2, 0.25) is 0 Å². The molecule has 0 fully saturated rings. The fourth-order valence-electron chi connectivity index (χ4n) is 2.49. The minimum Gasteiger partial charge on any atom is -0.324 e. The molecule has 2 nitrogen and oxygen atoms in total. The Morgan fingerprint density at radius 3 is 2.58 bits per heavy atom. The van der Waals surface area contributed by atoms with Crippen molar-refractivity contribution in [3.05, 3.63) is 54.1 Å². The van der Waals surface area contributed by atoms with Crippen LogP contribution in [-0.2, 0) is 6.54 Å². The molecule has 0 unspecified atom stereocenters. The molecule has 1 aromatic heterocycles. The van der Waals surface area contributed by atoms with Crippen LogP contribution in [0.1, 0.15) is 18.9 Å². The summed E-state index contributed by atoms with van der Waals surface area (Å²) in [7, 11) is 0. The molecule has 1 heterocycles. The lowest BCUT2D eigenvalue weighted by Crippen LogP contribution is -1.99. The van der Waals surface area contributed by atoms with Gasteiger partial charge in [0.2, 0.25) is 0 Å². The molecule has 3 rings (SSSR count). The average Bonchev–Trinajstić information content (AvgIpc) is 2.79. The summed E-state index contributed by atoms with van der Waals surface area (Å²) >= 11 is 0. The van der Waals surface area contributed by atoms with Gasteiger partial charge in [0.05, 0.1) is 11.0 Å². The Kier molecular flexibility index (Phi) is 3.08. The molecule has 0 amide bonds. The van der Waals surface area contributed by atoms with Crippen molar-refractivity contribution in [1.82, 2.24) is 9.55 Å². The minimum atomic E-state index is 1.00. The van der Waals surface area contributed by atoms with Crippen molar-refractivity contribution >= 4 is 11.0 Å². The van der Waals surface area contributed by atoms with Crippen LogP contribution in [0, 0.1) is 6.92 Å². The van der Waals surface area contributed by atoms with Crippen molar-refractivity contribution in [2.24, 2.45) is 0 Å². The third-order valence-corrected chi connectivity index (χ3v) is 3.38. The minimum absolute atomic E-state index is 1.00. The highest BCUT2D eigenvalue weighted by Crippen LogP contribution is 2.25. The lowest BCUT2D eigenvalue weighted by Gasteiger charge is -2.07. The van der Waals surface area contributed by atoms with Crippen molar-refractivity contribution in [1.29, 1.82) is 0 Å². The van der Waals surface area contributed by atoms with Crippen LogP contribution in [0.4, 0.5) is 0 Å².